The molecular formula is C23H28N6O3. The van der Waals surface area contributed by atoms with Crippen LogP contribution in [-0.4, -0.2) is 42.1 Å². The molecule has 0 saturated heterocycles. The summed E-state index contributed by atoms with van der Waals surface area (Å²) in [7, 11) is 0. The van der Waals surface area contributed by atoms with Gasteiger partial charge in [-0.15, -0.1) is 0 Å². The lowest BCUT2D eigenvalue weighted by atomic mass is 9.98. The summed E-state index contributed by atoms with van der Waals surface area (Å²) in [6.45, 7) is 5.51. The Kier molecular flexibility index (Phi) is 5.92. The summed E-state index contributed by atoms with van der Waals surface area (Å²) >= 11 is 0. The van der Waals surface area contributed by atoms with Crippen LogP contribution in [0.5, 0.6) is 0 Å². The number of hydrogen-bond acceptors (Lipinski definition) is 7. The van der Waals surface area contributed by atoms with E-state index in [1.165, 1.54) is 6.33 Å². The fourth-order valence-electron chi connectivity index (χ4n) is 3.79. The second kappa shape index (κ2) is 8.66. The van der Waals surface area contributed by atoms with Crippen molar-refractivity contribution in [2.45, 2.75) is 52.8 Å². The molecule has 3 aromatic heterocycles. The Balaban J connectivity index is 1.50. The zero-order valence-electron chi connectivity index (χ0n) is 18.6. The first-order chi connectivity index (χ1) is 15.2. The summed E-state index contributed by atoms with van der Waals surface area (Å²) in [5, 5.41) is 5.14. The van der Waals surface area contributed by atoms with E-state index in [9.17, 15) is 9.59 Å². The highest BCUT2D eigenvalue weighted by Crippen LogP contribution is 2.27. The number of rotatable bonds is 6. The highest BCUT2D eigenvalue weighted by atomic mass is 16.5. The first kappa shape index (κ1) is 21.9. The van der Waals surface area contributed by atoms with Crippen molar-refractivity contribution in [2.24, 2.45) is 17.1 Å². The Morgan fingerprint density at radius 3 is 2.81 bits per heavy atom. The Labute approximate surface area is 186 Å². The summed E-state index contributed by atoms with van der Waals surface area (Å²) < 4.78 is 8.77. The third-order valence-corrected chi connectivity index (χ3v) is 5.65. The van der Waals surface area contributed by atoms with Gasteiger partial charge in [0.05, 0.1) is 17.3 Å². The summed E-state index contributed by atoms with van der Waals surface area (Å²) in [5.41, 5.74) is 7.50. The monoisotopic (exact) mass is 436 g/mol. The number of fused-ring (bicyclic) bond motifs is 1. The molecule has 1 aliphatic rings. The number of carbonyl (C=O) groups excluding carboxylic acids is 2. The molecule has 9 heteroatoms. The molecule has 9 nitrogen and oxygen atoms in total. The van der Waals surface area contributed by atoms with Crippen molar-refractivity contribution in [2.75, 3.05) is 0 Å². The minimum atomic E-state index is -0.573. The van der Waals surface area contributed by atoms with Crippen LogP contribution in [0, 0.1) is 11.3 Å². The summed E-state index contributed by atoms with van der Waals surface area (Å²) in [5.74, 6) is -0.193. The Hall–Kier alpha value is -3.33. The molecule has 2 unspecified atom stereocenters. The number of carbonyl (C=O) groups is 2. The number of ether oxygens (including phenoxy) is 1. The topological polar surface area (TPSA) is 118 Å². The van der Waals surface area contributed by atoms with Gasteiger partial charge in [-0.3, -0.25) is 14.2 Å². The van der Waals surface area contributed by atoms with E-state index in [1.54, 1.807) is 27.7 Å². The Morgan fingerprint density at radius 2 is 2.09 bits per heavy atom. The molecule has 1 aliphatic carbocycles. The third kappa shape index (κ3) is 4.62. The van der Waals surface area contributed by atoms with E-state index in [1.807, 2.05) is 39.2 Å². The van der Waals surface area contributed by atoms with Crippen LogP contribution < -0.4 is 5.73 Å². The molecule has 0 aromatic carbocycles. The zero-order valence-corrected chi connectivity index (χ0v) is 18.6. The molecule has 4 rings (SSSR count). The molecule has 168 valence electrons. The van der Waals surface area contributed by atoms with Gasteiger partial charge in [0.15, 0.2) is 12.5 Å². The van der Waals surface area contributed by atoms with E-state index in [0.29, 0.717) is 11.3 Å². The minimum absolute atomic E-state index is 0.00456. The van der Waals surface area contributed by atoms with Crippen molar-refractivity contribution >= 4 is 29.0 Å². The van der Waals surface area contributed by atoms with Crippen LogP contribution in [0.4, 0.5) is 0 Å². The largest absolute Gasteiger partial charge is 0.443 e. The molecular weight excluding hydrogens is 408 g/mol. The molecule has 3 aromatic rings. The van der Waals surface area contributed by atoms with Crippen molar-refractivity contribution in [1.29, 1.82) is 0 Å². The predicted molar refractivity (Wildman–Crippen MR) is 120 cm³/mol. The molecule has 2 atom stereocenters. The lowest BCUT2D eigenvalue weighted by Gasteiger charge is -2.17. The average Bonchev–Trinajstić information content (AvgIpc) is 3.49. The van der Waals surface area contributed by atoms with Crippen LogP contribution in [0.3, 0.4) is 0 Å². The van der Waals surface area contributed by atoms with E-state index in [2.05, 4.69) is 15.1 Å². The molecule has 0 aliphatic heterocycles. The van der Waals surface area contributed by atoms with Crippen molar-refractivity contribution in [3.05, 3.63) is 37.1 Å². The first-order valence-electron chi connectivity index (χ1n) is 10.7. The molecule has 0 amide bonds. The van der Waals surface area contributed by atoms with E-state index >= 15 is 0 Å². The molecule has 3 heterocycles. The maximum atomic E-state index is 12.3. The van der Waals surface area contributed by atoms with Gasteiger partial charge in [0.2, 0.25) is 0 Å². The van der Waals surface area contributed by atoms with Crippen molar-refractivity contribution in [3.63, 3.8) is 0 Å². The molecule has 32 heavy (non-hydrogen) atoms. The van der Waals surface area contributed by atoms with E-state index < -0.39 is 5.41 Å². The lowest BCUT2D eigenvalue weighted by molar-refractivity contribution is -0.156. The van der Waals surface area contributed by atoms with Crippen LogP contribution in [0.25, 0.3) is 28.5 Å². The quantitative estimate of drug-likeness (QED) is 0.466. The molecule has 0 bridgehead atoms. The smallest absolute Gasteiger partial charge is 0.312 e. The number of nitrogens with zero attached hydrogens (tertiary/aromatic N) is 5. The lowest BCUT2D eigenvalue weighted by Crippen LogP contribution is -2.23. The Morgan fingerprint density at radius 1 is 1.28 bits per heavy atom. The maximum absolute atomic E-state index is 12.3. The van der Waals surface area contributed by atoms with Gasteiger partial charge in [0.25, 0.3) is 0 Å². The van der Waals surface area contributed by atoms with Gasteiger partial charge in [-0.05, 0) is 52.2 Å². The summed E-state index contributed by atoms with van der Waals surface area (Å²) in [6.07, 6.45) is 12.5. The maximum Gasteiger partial charge on any atom is 0.312 e. The van der Waals surface area contributed by atoms with Crippen molar-refractivity contribution in [1.82, 2.24) is 24.3 Å². The summed E-state index contributed by atoms with van der Waals surface area (Å²) in [6, 6.07) is 2.01. The highest BCUT2D eigenvalue weighted by Gasteiger charge is 2.26. The van der Waals surface area contributed by atoms with Gasteiger partial charge in [0.1, 0.15) is 12.0 Å². The number of allylic oxidation sites excluding steroid dienone is 1. The number of esters is 1. The molecule has 2 N–H and O–H groups in total. The molecule has 1 saturated carbocycles. The SMILES string of the molecule is CC(C)(C)C(=O)OCn1ccc2c(-c3cnn(/C=C\C(=O)C4CCC(N)C4)c3)ncnc21. The Bertz CT molecular complexity index is 1170. The van der Waals surface area contributed by atoms with E-state index in [-0.39, 0.29) is 30.4 Å². The molecule has 1 fully saturated rings. The molecule has 0 spiro atoms. The van der Waals surface area contributed by atoms with Crippen LogP contribution >= 0.6 is 0 Å². The second-order valence-electron chi connectivity index (χ2n) is 9.25. The van der Waals surface area contributed by atoms with Gasteiger partial charge < -0.3 is 10.5 Å². The number of ketones is 1. The number of aromatic nitrogens is 5. The van der Waals surface area contributed by atoms with E-state index in [4.69, 9.17) is 10.5 Å². The standard InChI is InChI=1S/C23H28N6O3/c1-23(2,3)22(31)32-14-28-8-6-18-20(25-13-26-21(18)28)16-11-27-29(12-16)9-7-19(30)15-4-5-17(24)10-15/h6-9,11-13,15,17H,4-5,10,14,24H2,1-3H3/b9-7-. The fraction of sp³-hybridized carbons (Fsp3) is 0.435. The third-order valence-electron chi connectivity index (χ3n) is 5.65. The second-order valence-corrected chi connectivity index (χ2v) is 9.25. The van der Waals surface area contributed by atoms with Crippen molar-refractivity contribution in [3.8, 4) is 11.3 Å². The van der Waals surface area contributed by atoms with Gasteiger partial charge in [-0.1, -0.05) is 0 Å². The minimum Gasteiger partial charge on any atom is -0.443 e. The number of nitrogens with two attached hydrogens (primary N) is 1. The van der Waals surface area contributed by atoms with Crippen LogP contribution in [0.15, 0.2) is 37.1 Å². The van der Waals surface area contributed by atoms with Gasteiger partial charge >= 0.3 is 5.97 Å². The van der Waals surface area contributed by atoms with Gasteiger partial charge in [-0.25, -0.2) is 14.6 Å². The molecule has 0 radical (unpaired) electrons. The van der Waals surface area contributed by atoms with Gasteiger partial charge in [-0.2, -0.15) is 5.10 Å². The normalized spacial score (nSPS) is 19.1. The highest BCUT2D eigenvalue weighted by molar-refractivity contribution is 5.94. The fourth-order valence-corrected chi connectivity index (χ4v) is 3.79. The number of hydrogen-bond donors (Lipinski definition) is 1. The zero-order chi connectivity index (χ0) is 22.9. The summed E-state index contributed by atoms with van der Waals surface area (Å²) in [4.78, 5) is 33.2. The van der Waals surface area contributed by atoms with Gasteiger partial charge in [0, 0.05) is 41.5 Å². The predicted octanol–water partition coefficient (Wildman–Crippen LogP) is 3.01. The van der Waals surface area contributed by atoms with Crippen LogP contribution in [0.2, 0.25) is 0 Å². The van der Waals surface area contributed by atoms with E-state index in [0.717, 1.165) is 30.2 Å². The average molecular weight is 437 g/mol. The van der Waals surface area contributed by atoms with Crippen LogP contribution in [-0.2, 0) is 21.1 Å². The van der Waals surface area contributed by atoms with Crippen LogP contribution in [0.1, 0.15) is 40.0 Å². The first-order valence-corrected chi connectivity index (χ1v) is 10.7. The van der Waals surface area contributed by atoms with Crippen molar-refractivity contribution < 1.29 is 14.3 Å².